The third kappa shape index (κ3) is 8.41. The molecule has 0 saturated carbocycles. The molecule has 0 spiro atoms. The second-order valence-electron chi connectivity index (χ2n) is 4.13. The normalized spacial score (nSPS) is 12.9. The number of hydrogen-bond acceptors (Lipinski definition) is 5. The van der Waals surface area contributed by atoms with Gasteiger partial charge >= 0.3 is 5.97 Å². The van der Waals surface area contributed by atoms with Gasteiger partial charge < -0.3 is 19.9 Å². The molecule has 0 aliphatic heterocycles. The van der Waals surface area contributed by atoms with Gasteiger partial charge in [0.15, 0.2) is 0 Å². The van der Waals surface area contributed by atoms with Gasteiger partial charge in [-0.05, 0) is 13.0 Å². The monoisotopic (exact) mass is 262 g/mol. The second kappa shape index (κ2) is 11.4. The van der Waals surface area contributed by atoms with Gasteiger partial charge in [-0.3, -0.25) is 9.69 Å². The largest absolute Gasteiger partial charge is 0.480 e. The summed E-state index contributed by atoms with van der Waals surface area (Å²) in [6, 6.07) is -0.543. The van der Waals surface area contributed by atoms with E-state index in [0.29, 0.717) is 39.4 Å². The smallest absolute Gasteiger partial charge is 0.322 e. The van der Waals surface area contributed by atoms with E-state index < -0.39 is 12.0 Å². The van der Waals surface area contributed by atoms with Crippen LogP contribution in [-0.2, 0) is 14.3 Å². The van der Waals surface area contributed by atoms with E-state index in [1.54, 1.807) is 14.2 Å². The summed E-state index contributed by atoms with van der Waals surface area (Å²) in [6.07, 6.45) is 0.917. The van der Waals surface area contributed by atoms with Gasteiger partial charge in [-0.25, -0.2) is 0 Å². The Kier molecular flexibility index (Phi) is 11.0. The lowest BCUT2D eigenvalue weighted by Crippen LogP contribution is -2.47. The Morgan fingerprint density at radius 3 is 2.22 bits per heavy atom. The molecule has 0 radical (unpaired) electrons. The van der Waals surface area contributed by atoms with Gasteiger partial charge in [-0.15, -0.1) is 0 Å². The van der Waals surface area contributed by atoms with Crippen molar-refractivity contribution >= 4 is 5.97 Å². The third-order valence-electron chi connectivity index (χ3n) is 2.60. The van der Waals surface area contributed by atoms with E-state index in [9.17, 15) is 4.79 Å². The van der Waals surface area contributed by atoms with Gasteiger partial charge in [0.25, 0.3) is 0 Å². The molecular formula is C12H26N2O4. The number of carboxylic acids is 1. The third-order valence-corrected chi connectivity index (χ3v) is 2.60. The molecule has 0 aromatic rings. The Morgan fingerprint density at radius 2 is 1.83 bits per heavy atom. The molecule has 0 aliphatic rings. The van der Waals surface area contributed by atoms with Crippen LogP contribution in [0.5, 0.6) is 0 Å². The van der Waals surface area contributed by atoms with Gasteiger partial charge in [0.05, 0.1) is 13.2 Å². The van der Waals surface area contributed by atoms with Crippen molar-refractivity contribution in [2.24, 2.45) is 0 Å². The molecule has 0 bridgehead atoms. The van der Waals surface area contributed by atoms with E-state index in [-0.39, 0.29) is 0 Å². The van der Waals surface area contributed by atoms with Crippen molar-refractivity contribution in [3.05, 3.63) is 0 Å². The van der Waals surface area contributed by atoms with Crippen LogP contribution in [0.15, 0.2) is 0 Å². The maximum Gasteiger partial charge on any atom is 0.322 e. The predicted octanol–water partition coefficient (Wildman–Crippen LogP) is 0.0340. The van der Waals surface area contributed by atoms with E-state index in [1.807, 2.05) is 11.8 Å². The minimum Gasteiger partial charge on any atom is -0.480 e. The van der Waals surface area contributed by atoms with Crippen LogP contribution >= 0.6 is 0 Å². The van der Waals surface area contributed by atoms with E-state index in [1.165, 1.54) is 0 Å². The molecule has 0 aromatic carbocycles. The van der Waals surface area contributed by atoms with Crippen LogP contribution in [0, 0.1) is 0 Å². The fourth-order valence-corrected chi connectivity index (χ4v) is 1.54. The minimum absolute atomic E-state index is 0.460. The first-order valence-electron chi connectivity index (χ1n) is 6.32. The van der Waals surface area contributed by atoms with Gasteiger partial charge in [0.2, 0.25) is 0 Å². The second-order valence-corrected chi connectivity index (χ2v) is 4.13. The van der Waals surface area contributed by atoms with Crippen molar-refractivity contribution in [3.8, 4) is 0 Å². The van der Waals surface area contributed by atoms with Crippen molar-refractivity contribution < 1.29 is 19.4 Å². The zero-order valence-corrected chi connectivity index (χ0v) is 11.6. The molecule has 0 rings (SSSR count). The van der Waals surface area contributed by atoms with Crippen molar-refractivity contribution in [2.45, 2.75) is 19.4 Å². The lowest BCUT2D eigenvalue weighted by atomic mass is 10.2. The highest BCUT2D eigenvalue weighted by Crippen LogP contribution is 1.95. The minimum atomic E-state index is -0.816. The highest BCUT2D eigenvalue weighted by Gasteiger charge is 2.19. The van der Waals surface area contributed by atoms with Gasteiger partial charge in [0.1, 0.15) is 6.04 Å². The molecule has 2 N–H and O–H groups in total. The summed E-state index contributed by atoms with van der Waals surface area (Å²) in [5.41, 5.74) is 0. The summed E-state index contributed by atoms with van der Waals surface area (Å²) in [5, 5.41) is 12.2. The molecule has 1 atom stereocenters. The Labute approximate surface area is 109 Å². The zero-order valence-electron chi connectivity index (χ0n) is 11.6. The zero-order chi connectivity index (χ0) is 13.8. The van der Waals surface area contributed by atoms with Gasteiger partial charge in [-0.2, -0.15) is 0 Å². The average molecular weight is 262 g/mol. The van der Waals surface area contributed by atoms with Gasteiger partial charge in [0, 0.05) is 33.9 Å². The maximum atomic E-state index is 11.1. The maximum absolute atomic E-state index is 11.1. The molecule has 108 valence electrons. The van der Waals surface area contributed by atoms with Crippen LogP contribution < -0.4 is 5.32 Å². The van der Waals surface area contributed by atoms with Crippen LogP contribution in [0.25, 0.3) is 0 Å². The molecule has 6 nitrogen and oxygen atoms in total. The number of ether oxygens (including phenoxy) is 2. The van der Waals surface area contributed by atoms with Crippen molar-refractivity contribution in [1.82, 2.24) is 10.2 Å². The fraction of sp³-hybridized carbons (Fsp3) is 0.917. The highest BCUT2D eigenvalue weighted by molar-refractivity contribution is 5.73. The summed E-state index contributed by atoms with van der Waals surface area (Å²) in [4.78, 5) is 13.2. The number of nitrogens with zero attached hydrogens (tertiary/aromatic N) is 1. The van der Waals surface area contributed by atoms with Crippen LogP contribution in [-0.4, -0.2) is 75.6 Å². The molecule has 0 amide bonds. The number of rotatable bonds is 12. The number of carbonyl (C=O) groups is 1. The molecule has 6 heteroatoms. The first kappa shape index (κ1) is 17.3. The number of hydrogen-bond donors (Lipinski definition) is 2. The number of aliphatic carboxylic acids is 1. The number of carboxylic acid groups (broad SMARTS) is 1. The standard InChI is InChI=1S/C12H26N2O4/c1-4-5-13-11(12(15)16)10-14(6-8-17-2)7-9-18-3/h11,13H,4-10H2,1-3H3,(H,15,16). The molecule has 1 unspecified atom stereocenters. The molecule has 0 saturated heterocycles. The van der Waals surface area contributed by atoms with Crippen LogP contribution in [0.2, 0.25) is 0 Å². The molecule has 0 aromatic heterocycles. The lowest BCUT2D eigenvalue weighted by Gasteiger charge is -2.25. The summed E-state index contributed by atoms with van der Waals surface area (Å²) in [5.74, 6) is -0.816. The van der Waals surface area contributed by atoms with E-state index in [2.05, 4.69) is 5.32 Å². The van der Waals surface area contributed by atoms with E-state index >= 15 is 0 Å². The van der Waals surface area contributed by atoms with Crippen LogP contribution in [0.3, 0.4) is 0 Å². The summed E-state index contributed by atoms with van der Waals surface area (Å²) >= 11 is 0. The Morgan fingerprint density at radius 1 is 1.28 bits per heavy atom. The van der Waals surface area contributed by atoms with Crippen molar-refractivity contribution in [1.29, 1.82) is 0 Å². The Hall–Kier alpha value is -0.690. The number of methoxy groups -OCH3 is 2. The fourth-order valence-electron chi connectivity index (χ4n) is 1.54. The highest BCUT2D eigenvalue weighted by atomic mass is 16.5. The predicted molar refractivity (Wildman–Crippen MR) is 69.9 cm³/mol. The average Bonchev–Trinajstić information content (AvgIpc) is 2.36. The van der Waals surface area contributed by atoms with Crippen LogP contribution in [0.1, 0.15) is 13.3 Å². The molecule has 0 fully saturated rings. The topological polar surface area (TPSA) is 71.0 Å². The quantitative estimate of drug-likeness (QED) is 0.517. The molecule has 18 heavy (non-hydrogen) atoms. The summed E-state index contributed by atoms with van der Waals surface area (Å²) in [6.45, 7) is 5.77. The van der Waals surface area contributed by atoms with Gasteiger partial charge in [-0.1, -0.05) is 6.92 Å². The molecule has 0 heterocycles. The first-order chi connectivity index (χ1) is 8.65. The van der Waals surface area contributed by atoms with Crippen molar-refractivity contribution in [3.63, 3.8) is 0 Å². The first-order valence-corrected chi connectivity index (χ1v) is 6.32. The van der Waals surface area contributed by atoms with Crippen molar-refractivity contribution in [2.75, 3.05) is 53.6 Å². The van der Waals surface area contributed by atoms with E-state index in [0.717, 1.165) is 6.42 Å². The van der Waals surface area contributed by atoms with E-state index in [4.69, 9.17) is 14.6 Å². The Bertz CT molecular complexity index is 206. The summed E-state index contributed by atoms with van der Waals surface area (Å²) in [7, 11) is 3.27. The van der Waals surface area contributed by atoms with Crippen LogP contribution in [0.4, 0.5) is 0 Å². The molecule has 0 aliphatic carbocycles. The Balaban J connectivity index is 4.23. The number of nitrogens with one attached hydrogen (secondary N) is 1. The SMILES string of the molecule is CCCNC(CN(CCOC)CCOC)C(=O)O. The molecular weight excluding hydrogens is 236 g/mol. The summed E-state index contributed by atoms with van der Waals surface area (Å²) < 4.78 is 10.1. The lowest BCUT2D eigenvalue weighted by molar-refractivity contribution is -0.140.